The quantitative estimate of drug-likeness (QED) is 0.537. The Bertz CT molecular complexity index is 1080. The lowest BCUT2D eigenvalue weighted by Gasteiger charge is -2.44. The fraction of sp³-hybridized carbons (Fsp3) is 0.556. The molecule has 5 nitrogen and oxygen atoms in total. The van der Waals surface area contributed by atoms with Crippen LogP contribution in [0.5, 0.6) is 0 Å². The van der Waals surface area contributed by atoms with Crippen molar-refractivity contribution in [2.75, 3.05) is 26.2 Å². The molecule has 1 amide bonds. The summed E-state index contributed by atoms with van der Waals surface area (Å²) in [5.74, 6) is 1.06. The summed E-state index contributed by atoms with van der Waals surface area (Å²) in [6.45, 7) is 5.76. The van der Waals surface area contributed by atoms with Crippen molar-refractivity contribution in [2.45, 2.75) is 57.4 Å². The number of rotatable bonds is 3. The van der Waals surface area contributed by atoms with Gasteiger partial charge in [0.1, 0.15) is 0 Å². The fourth-order valence-electron chi connectivity index (χ4n) is 6.35. The summed E-state index contributed by atoms with van der Waals surface area (Å²) in [6, 6.07) is 6.66. The highest BCUT2D eigenvalue weighted by molar-refractivity contribution is 9.10. The molecule has 2 saturated heterocycles. The van der Waals surface area contributed by atoms with Crippen LogP contribution < -0.4 is 11.1 Å². The molecule has 1 atom stereocenters. The van der Waals surface area contributed by atoms with Crippen LogP contribution in [0.4, 0.5) is 0 Å². The van der Waals surface area contributed by atoms with E-state index in [-0.39, 0.29) is 5.92 Å². The average molecular weight is 590 g/mol. The first-order valence-corrected chi connectivity index (χ1v) is 14.2. The lowest BCUT2D eigenvalue weighted by atomic mass is 9.70. The predicted octanol–water partition coefficient (Wildman–Crippen LogP) is 4.84. The summed E-state index contributed by atoms with van der Waals surface area (Å²) in [5, 5.41) is 3.40. The number of pyridine rings is 1. The maximum Gasteiger partial charge on any atom is 0.222 e. The maximum atomic E-state index is 13.1. The second kappa shape index (κ2) is 10.00. The zero-order chi connectivity index (χ0) is 23.9. The van der Waals surface area contributed by atoms with Crippen LogP contribution in [0.2, 0.25) is 0 Å². The Labute approximate surface area is 219 Å². The first-order chi connectivity index (χ1) is 16.4. The van der Waals surface area contributed by atoms with Gasteiger partial charge in [-0.25, -0.2) is 0 Å². The molecule has 3 heterocycles. The number of hydrogen-bond donors (Lipinski definition) is 2. The van der Waals surface area contributed by atoms with E-state index in [4.69, 9.17) is 10.7 Å². The zero-order valence-electron chi connectivity index (χ0n) is 19.9. The third kappa shape index (κ3) is 4.61. The Kier molecular flexibility index (Phi) is 7.18. The van der Waals surface area contributed by atoms with E-state index in [0.717, 1.165) is 79.3 Å². The molecule has 5 rings (SSSR count). The lowest BCUT2D eigenvalue weighted by molar-refractivity contribution is -0.134. The molecule has 0 saturated carbocycles. The molecule has 2 aliphatic heterocycles. The van der Waals surface area contributed by atoms with Gasteiger partial charge in [0.2, 0.25) is 5.91 Å². The third-order valence-corrected chi connectivity index (χ3v) is 9.19. The second-order valence-corrected chi connectivity index (χ2v) is 12.1. The van der Waals surface area contributed by atoms with Crippen LogP contribution in [0.1, 0.15) is 60.1 Å². The molecule has 0 radical (unpaired) electrons. The van der Waals surface area contributed by atoms with E-state index >= 15 is 0 Å². The first-order valence-electron chi connectivity index (χ1n) is 12.6. The summed E-state index contributed by atoms with van der Waals surface area (Å²) in [6.07, 6.45) is 8.45. The Morgan fingerprint density at radius 3 is 2.56 bits per heavy atom. The number of benzene rings is 1. The van der Waals surface area contributed by atoms with Crippen LogP contribution in [0.25, 0.3) is 0 Å². The molecule has 1 unspecified atom stereocenters. The molecular weight excluding hydrogens is 556 g/mol. The summed E-state index contributed by atoms with van der Waals surface area (Å²) >= 11 is 7.49. The monoisotopic (exact) mass is 588 g/mol. The largest absolute Gasteiger partial charge is 0.343 e. The van der Waals surface area contributed by atoms with Crippen molar-refractivity contribution in [1.82, 2.24) is 15.2 Å². The summed E-state index contributed by atoms with van der Waals surface area (Å²) in [7, 11) is 0. The Morgan fingerprint density at radius 2 is 1.82 bits per heavy atom. The number of carbonyl (C=O) groups excluding carboxylic acids is 1. The van der Waals surface area contributed by atoms with Crippen molar-refractivity contribution in [1.29, 1.82) is 0 Å². The highest BCUT2D eigenvalue weighted by Gasteiger charge is 2.46. The summed E-state index contributed by atoms with van der Waals surface area (Å²) in [5.41, 5.74) is 12.8. The van der Waals surface area contributed by atoms with Crippen molar-refractivity contribution in [3.8, 4) is 0 Å². The Hall–Kier alpha value is -1.28. The van der Waals surface area contributed by atoms with Gasteiger partial charge in [0, 0.05) is 34.7 Å². The molecule has 1 aliphatic carbocycles. The van der Waals surface area contributed by atoms with E-state index in [1.165, 1.54) is 22.3 Å². The Balaban J connectivity index is 1.43. The zero-order valence-corrected chi connectivity index (χ0v) is 23.1. The van der Waals surface area contributed by atoms with Gasteiger partial charge in [-0.15, -0.1) is 0 Å². The molecule has 1 aromatic carbocycles. The maximum absolute atomic E-state index is 13.1. The van der Waals surface area contributed by atoms with Crippen LogP contribution in [0.3, 0.4) is 0 Å². The topological polar surface area (TPSA) is 71.2 Å². The third-order valence-electron chi connectivity index (χ3n) is 8.13. The van der Waals surface area contributed by atoms with Gasteiger partial charge in [-0.2, -0.15) is 0 Å². The van der Waals surface area contributed by atoms with E-state index in [0.29, 0.717) is 18.2 Å². The first kappa shape index (κ1) is 24.4. The Morgan fingerprint density at radius 1 is 1.12 bits per heavy atom. The van der Waals surface area contributed by atoms with Crippen LogP contribution >= 0.6 is 31.9 Å². The molecule has 1 aromatic heterocycles. The molecule has 34 heavy (non-hydrogen) atoms. The summed E-state index contributed by atoms with van der Waals surface area (Å²) in [4.78, 5) is 20.1. The number of carbonyl (C=O) groups is 1. The van der Waals surface area contributed by atoms with Crippen molar-refractivity contribution in [2.24, 2.45) is 17.6 Å². The van der Waals surface area contributed by atoms with Gasteiger partial charge in [-0.1, -0.05) is 22.0 Å². The number of fused-ring (bicyclic) bond motifs is 2. The number of aromatic nitrogens is 1. The highest BCUT2D eigenvalue weighted by atomic mass is 79.9. The van der Waals surface area contributed by atoms with Crippen molar-refractivity contribution >= 4 is 37.8 Å². The van der Waals surface area contributed by atoms with Gasteiger partial charge in [0.25, 0.3) is 0 Å². The predicted molar refractivity (Wildman–Crippen MR) is 143 cm³/mol. The number of hydrogen-bond acceptors (Lipinski definition) is 4. The van der Waals surface area contributed by atoms with Crippen LogP contribution in [-0.4, -0.2) is 42.0 Å². The molecule has 3 N–H and O–H groups in total. The van der Waals surface area contributed by atoms with Gasteiger partial charge >= 0.3 is 0 Å². The molecule has 2 fully saturated rings. The molecule has 182 valence electrons. The average Bonchev–Trinajstić information content (AvgIpc) is 2.94. The minimum atomic E-state index is -0.682. The van der Waals surface area contributed by atoms with Crippen LogP contribution in [-0.2, 0) is 23.2 Å². The molecule has 7 heteroatoms. The number of nitrogens with zero attached hydrogens (tertiary/aromatic N) is 2. The molecule has 0 bridgehead atoms. The van der Waals surface area contributed by atoms with E-state index < -0.39 is 5.54 Å². The van der Waals surface area contributed by atoms with Gasteiger partial charge < -0.3 is 16.0 Å². The SMILES string of the molecule is Cc1cc(Br)c2c(c1)CCc1cc(Br)cnc1C2(N)C1CCN(C(=O)CC2CCNCC2)CC1. The van der Waals surface area contributed by atoms with Crippen LogP contribution in [0.15, 0.2) is 33.3 Å². The number of nitrogens with one attached hydrogen (secondary N) is 1. The lowest BCUT2D eigenvalue weighted by Crippen LogP contribution is -2.52. The number of piperidine rings is 2. The van der Waals surface area contributed by atoms with E-state index in [2.05, 4.69) is 67.2 Å². The van der Waals surface area contributed by atoms with Crippen molar-refractivity contribution < 1.29 is 4.79 Å². The van der Waals surface area contributed by atoms with Gasteiger partial charge in [-0.3, -0.25) is 9.78 Å². The molecular formula is C27H34Br2N4O. The normalized spacial score (nSPS) is 23.8. The number of amides is 1. The smallest absolute Gasteiger partial charge is 0.222 e. The minimum absolute atomic E-state index is 0.221. The van der Waals surface area contributed by atoms with Crippen molar-refractivity contribution in [3.63, 3.8) is 0 Å². The molecule has 2 aromatic rings. The second-order valence-electron chi connectivity index (χ2n) is 10.4. The van der Waals surface area contributed by atoms with E-state index in [1.807, 2.05) is 6.20 Å². The molecule has 0 spiro atoms. The number of likely N-dealkylation sites (tertiary alicyclic amines) is 1. The number of halogens is 2. The standard InChI is InChI=1S/C27H34Br2N4O/c1-17-12-19-2-3-20-15-22(28)16-32-26(20)27(30,25(19)23(29)13-17)21-6-10-33(11-7-21)24(34)14-18-4-8-31-9-5-18/h12-13,15-16,18,21,31H,2-11,14,30H2,1H3. The van der Waals surface area contributed by atoms with Gasteiger partial charge in [0.05, 0.1) is 11.2 Å². The fourth-order valence-corrected chi connectivity index (χ4v) is 7.67. The summed E-state index contributed by atoms with van der Waals surface area (Å²) < 4.78 is 2.07. The van der Waals surface area contributed by atoms with Gasteiger partial charge in [-0.05, 0) is 121 Å². The van der Waals surface area contributed by atoms with E-state index in [1.54, 1.807) is 0 Å². The molecule has 3 aliphatic rings. The van der Waals surface area contributed by atoms with Crippen molar-refractivity contribution in [3.05, 3.63) is 61.3 Å². The van der Waals surface area contributed by atoms with Crippen LogP contribution in [0, 0.1) is 18.8 Å². The van der Waals surface area contributed by atoms with Gasteiger partial charge in [0.15, 0.2) is 0 Å². The number of nitrogens with two attached hydrogens (primary N) is 1. The minimum Gasteiger partial charge on any atom is -0.343 e. The van der Waals surface area contributed by atoms with E-state index in [9.17, 15) is 4.79 Å². The highest BCUT2D eigenvalue weighted by Crippen LogP contribution is 2.47. The number of aryl methyl sites for hydroxylation is 3.